The monoisotopic (exact) mass is 244 g/mol. The molecule has 16 heavy (non-hydrogen) atoms. The molecule has 0 amide bonds. The minimum atomic E-state index is -3.27. The molecule has 1 aromatic rings. The molecule has 1 N–H and O–H groups in total. The van der Waals surface area contributed by atoms with Gasteiger partial charge in [0.05, 0.1) is 18.2 Å². The van der Waals surface area contributed by atoms with Gasteiger partial charge in [-0.15, -0.1) is 0 Å². The molecular formula is C9H12N2O4S. The molecule has 1 fully saturated rings. The van der Waals surface area contributed by atoms with E-state index in [0.29, 0.717) is 6.42 Å². The van der Waals surface area contributed by atoms with E-state index in [-0.39, 0.29) is 10.9 Å². The molecular weight excluding hydrogens is 232 g/mol. The smallest absolute Gasteiger partial charge is 0.308 e. The van der Waals surface area contributed by atoms with Gasteiger partial charge in [-0.1, -0.05) is 0 Å². The highest BCUT2D eigenvalue weighted by atomic mass is 32.2. The van der Waals surface area contributed by atoms with Crippen molar-refractivity contribution in [2.45, 2.75) is 23.8 Å². The van der Waals surface area contributed by atoms with E-state index in [0.717, 1.165) is 12.7 Å². The number of aliphatic carboxylic acids is 1. The van der Waals surface area contributed by atoms with Crippen molar-refractivity contribution in [2.75, 3.05) is 6.26 Å². The van der Waals surface area contributed by atoms with Crippen LogP contribution in [0.1, 0.15) is 18.9 Å². The van der Waals surface area contributed by atoms with E-state index >= 15 is 0 Å². The maximum atomic E-state index is 11.2. The van der Waals surface area contributed by atoms with Crippen LogP contribution in [0.15, 0.2) is 17.3 Å². The lowest BCUT2D eigenvalue weighted by Gasteiger charge is -2.33. The first-order valence-electron chi connectivity index (χ1n) is 4.86. The molecule has 0 saturated heterocycles. The van der Waals surface area contributed by atoms with Crippen molar-refractivity contribution < 1.29 is 18.3 Å². The summed E-state index contributed by atoms with van der Waals surface area (Å²) in [5.74, 6) is -1.31. The molecule has 6 nitrogen and oxygen atoms in total. The second kappa shape index (κ2) is 3.58. The first-order chi connectivity index (χ1) is 7.39. The Morgan fingerprint density at radius 1 is 1.56 bits per heavy atom. The first kappa shape index (κ1) is 11.1. The van der Waals surface area contributed by atoms with E-state index in [9.17, 15) is 13.2 Å². The predicted molar refractivity (Wildman–Crippen MR) is 54.7 cm³/mol. The van der Waals surface area contributed by atoms with Gasteiger partial charge in [0.15, 0.2) is 9.84 Å². The average molecular weight is 244 g/mol. The van der Waals surface area contributed by atoms with Crippen LogP contribution in [0.3, 0.4) is 0 Å². The van der Waals surface area contributed by atoms with Crippen LogP contribution in [0.5, 0.6) is 0 Å². The number of rotatable bonds is 3. The Labute approximate surface area is 92.8 Å². The van der Waals surface area contributed by atoms with Crippen LogP contribution >= 0.6 is 0 Å². The van der Waals surface area contributed by atoms with Crippen LogP contribution < -0.4 is 0 Å². The summed E-state index contributed by atoms with van der Waals surface area (Å²) in [7, 11) is -3.27. The van der Waals surface area contributed by atoms with E-state index in [1.807, 2.05) is 0 Å². The maximum Gasteiger partial charge on any atom is 0.308 e. The van der Waals surface area contributed by atoms with Gasteiger partial charge in [-0.05, 0) is 12.8 Å². The number of aromatic nitrogens is 2. The molecule has 0 aliphatic heterocycles. The topological polar surface area (TPSA) is 89.3 Å². The van der Waals surface area contributed by atoms with Crippen molar-refractivity contribution in [3.05, 3.63) is 12.4 Å². The standard InChI is InChI=1S/C9H12N2O4S/c1-16(14,15)6-4-10-11(5-6)8-3-2-7(8)9(12)13/h4-5,7-8H,2-3H2,1H3,(H,12,13). The summed E-state index contributed by atoms with van der Waals surface area (Å²) in [6, 6.07) is -0.215. The Bertz CT molecular complexity index is 519. The van der Waals surface area contributed by atoms with Gasteiger partial charge < -0.3 is 5.11 Å². The zero-order valence-corrected chi connectivity index (χ0v) is 9.51. The summed E-state index contributed by atoms with van der Waals surface area (Å²) >= 11 is 0. The number of hydrogen-bond acceptors (Lipinski definition) is 4. The molecule has 0 radical (unpaired) electrons. The van der Waals surface area contributed by atoms with E-state index in [4.69, 9.17) is 5.11 Å². The average Bonchev–Trinajstić information content (AvgIpc) is 2.48. The zero-order valence-electron chi connectivity index (χ0n) is 8.70. The quantitative estimate of drug-likeness (QED) is 0.827. The van der Waals surface area contributed by atoms with Gasteiger partial charge in [0.1, 0.15) is 4.90 Å². The van der Waals surface area contributed by atoms with Gasteiger partial charge in [0.25, 0.3) is 0 Å². The number of hydrogen-bond donors (Lipinski definition) is 1. The highest BCUT2D eigenvalue weighted by molar-refractivity contribution is 7.90. The largest absolute Gasteiger partial charge is 0.481 e. The fraction of sp³-hybridized carbons (Fsp3) is 0.556. The summed E-state index contributed by atoms with van der Waals surface area (Å²) in [5.41, 5.74) is 0. The molecule has 2 unspecified atom stereocenters. The summed E-state index contributed by atoms with van der Waals surface area (Å²) < 4.78 is 23.9. The second-order valence-corrected chi connectivity index (χ2v) is 6.03. The summed E-state index contributed by atoms with van der Waals surface area (Å²) in [6.45, 7) is 0. The van der Waals surface area contributed by atoms with Crippen LogP contribution in [-0.2, 0) is 14.6 Å². The molecule has 1 aliphatic carbocycles. The van der Waals surface area contributed by atoms with Crippen molar-refractivity contribution in [3.63, 3.8) is 0 Å². The maximum absolute atomic E-state index is 11.2. The Morgan fingerprint density at radius 2 is 2.25 bits per heavy atom. The third kappa shape index (κ3) is 1.82. The number of carboxylic acids is 1. The van der Waals surface area contributed by atoms with Crippen LogP contribution in [0.4, 0.5) is 0 Å². The van der Waals surface area contributed by atoms with Crippen molar-refractivity contribution in [1.29, 1.82) is 0 Å². The van der Waals surface area contributed by atoms with Crippen LogP contribution in [0.2, 0.25) is 0 Å². The second-order valence-electron chi connectivity index (χ2n) is 4.02. The number of carbonyl (C=O) groups is 1. The Morgan fingerprint density at radius 3 is 2.62 bits per heavy atom. The van der Waals surface area contributed by atoms with E-state index in [2.05, 4.69) is 5.10 Å². The highest BCUT2D eigenvalue weighted by Gasteiger charge is 2.38. The lowest BCUT2D eigenvalue weighted by Crippen LogP contribution is -2.35. The molecule has 1 heterocycles. The summed E-state index contributed by atoms with van der Waals surface area (Å²) in [5, 5.41) is 12.8. The molecule has 0 bridgehead atoms. The molecule has 0 spiro atoms. The lowest BCUT2D eigenvalue weighted by molar-refractivity contribution is -0.147. The van der Waals surface area contributed by atoms with Crippen molar-refractivity contribution in [3.8, 4) is 0 Å². The van der Waals surface area contributed by atoms with Gasteiger partial charge in [-0.3, -0.25) is 9.48 Å². The predicted octanol–water partition coefficient (Wildman–Crippen LogP) is 0.322. The van der Waals surface area contributed by atoms with E-state index < -0.39 is 21.7 Å². The molecule has 1 saturated carbocycles. The number of sulfone groups is 1. The van der Waals surface area contributed by atoms with E-state index in [1.54, 1.807) is 0 Å². The molecule has 0 aromatic carbocycles. The van der Waals surface area contributed by atoms with Crippen molar-refractivity contribution >= 4 is 15.8 Å². The Balaban J connectivity index is 2.23. The summed E-state index contributed by atoms with van der Waals surface area (Å²) in [6.07, 6.45) is 5.10. The van der Waals surface area contributed by atoms with Gasteiger partial charge in [0, 0.05) is 12.5 Å². The summed E-state index contributed by atoms with van der Waals surface area (Å²) in [4.78, 5) is 10.9. The molecule has 2 rings (SSSR count). The highest BCUT2D eigenvalue weighted by Crippen LogP contribution is 2.38. The van der Waals surface area contributed by atoms with Gasteiger partial charge in [-0.2, -0.15) is 5.10 Å². The minimum absolute atomic E-state index is 0.128. The molecule has 7 heteroatoms. The fourth-order valence-electron chi connectivity index (χ4n) is 1.78. The normalized spacial score (nSPS) is 25.1. The fourth-order valence-corrected chi connectivity index (χ4v) is 2.32. The molecule has 1 aromatic heterocycles. The third-order valence-electron chi connectivity index (χ3n) is 2.90. The Kier molecular flexibility index (Phi) is 2.49. The number of carboxylic acid groups (broad SMARTS) is 1. The first-order valence-corrected chi connectivity index (χ1v) is 6.76. The lowest BCUT2D eigenvalue weighted by atomic mass is 9.80. The van der Waals surface area contributed by atoms with Crippen LogP contribution in [-0.4, -0.2) is 35.5 Å². The van der Waals surface area contributed by atoms with Gasteiger partial charge >= 0.3 is 5.97 Å². The van der Waals surface area contributed by atoms with Crippen LogP contribution in [0.25, 0.3) is 0 Å². The van der Waals surface area contributed by atoms with E-state index in [1.165, 1.54) is 17.1 Å². The molecule has 88 valence electrons. The zero-order chi connectivity index (χ0) is 11.9. The Hall–Kier alpha value is -1.37. The SMILES string of the molecule is CS(=O)(=O)c1cnn(C2CCC2C(=O)O)c1. The molecule has 1 aliphatic rings. The van der Waals surface area contributed by atoms with Gasteiger partial charge in [-0.25, -0.2) is 8.42 Å². The van der Waals surface area contributed by atoms with Crippen LogP contribution in [0, 0.1) is 5.92 Å². The number of nitrogens with zero attached hydrogens (tertiary/aromatic N) is 2. The van der Waals surface area contributed by atoms with Crippen molar-refractivity contribution in [2.24, 2.45) is 5.92 Å². The van der Waals surface area contributed by atoms with Crippen molar-refractivity contribution in [1.82, 2.24) is 9.78 Å². The van der Waals surface area contributed by atoms with Gasteiger partial charge in [0.2, 0.25) is 0 Å². The third-order valence-corrected chi connectivity index (χ3v) is 3.97. The minimum Gasteiger partial charge on any atom is -0.481 e. The molecule has 2 atom stereocenters.